The van der Waals surface area contributed by atoms with Crippen molar-refractivity contribution in [1.29, 1.82) is 0 Å². The Morgan fingerprint density at radius 1 is 1.26 bits per heavy atom. The number of benzene rings is 1. The number of rotatable bonds is 6. The topological polar surface area (TPSA) is 20.2 Å². The lowest BCUT2D eigenvalue weighted by Gasteiger charge is -2.21. The Bertz CT molecular complexity index is 418. The highest BCUT2D eigenvalue weighted by Gasteiger charge is 2.29. The summed E-state index contributed by atoms with van der Waals surface area (Å²) in [6.07, 6.45) is 0.611. The third-order valence-electron chi connectivity index (χ3n) is 3.41. The van der Waals surface area contributed by atoms with Crippen LogP contribution in [0.1, 0.15) is 39.2 Å². The average molecular weight is 268 g/mol. The van der Waals surface area contributed by atoms with Crippen molar-refractivity contribution in [3.63, 3.8) is 0 Å². The molecule has 1 N–H and O–H groups in total. The minimum absolute atomic E-state index is 0.0491. The second-order valence-corrected chi connectivity index (χ2v) is 4.94. The highest BCUT2D eigenvalue weighted by molar-refractivity contribution is 5.22. The van der Waals surface area contributed by atoms with E-state index in [2.05, 4.69) is 0 Å². The predicted molar refractivity (Wildman–Crippen MR) is 74.4 cm³/mol. The number of halogens is 2. The van der Waals surface area contributed by atoms with E-state index in [1.54, 1.807) is 13.8 Å². The van der Waals surface area contributed by atoms with Gasteiger partial charge >= 0.3 is 0 Å². The van der Waals surface area contributed by atoms with Crippen LogP contribution < -0.4 is 0 Å². The molecule has 0 heterocycles. The second-order valence-electron chi connectivity index (χ2n) is 4.94. The molecule has 1 rings (SSSR count). The van der Waals surface area contributed by atoms with E-state index in [9.17, 15) is 13.9 Å². The Kier molecular flexibility index (Phi) is 5.67. The molecule has 0 spiro atoms. The molecule has 1 unspecified atom stereocenters. The minimum atomic E-state index is -2.85. The van der Waals surface area contributed by atoms with Gasteiger partial charge in [0.2, 0.25) is 0 Å². The van der Waals surface area contributed by atoms with Gasteiger partial charge in [0, 0.05) is 6.92 Å². The molecule has 0 aliphatic rings. The summed E-state index contributed by atoms with van der Waals surface area (Å²) in [6.45, 7) is 4.19. The molecule has 3 heteroatoms. The van der Waals surface area contributed by atoms with E-state index >= 15 is 0 Å². The van der Waals surface area contributed by atoms with Gasteiger partial charge in [-0.25, -0.2) is 8.78 Å². The lowest BCUT2D eigenvalue weighted by atomic mass is 9.94. The normalized spacial score (nSPS) is 15.1. The van der Waals surface area contributed by atoms with Gasteiger partial charge in [0.15, 0.2) is 0 Å². The van der Waals surface area contributed by atoms with E-state index in [1.165, 1.54) is 0 Å². The minimum Gasteiger partial charge on any atom is -0.389 e. The van der Waals surface area contributed by atoms with E-state index in [0.29, 0.717) is 18.4 Å². The first kappa shape index (κ1) is 15.8. The zero-order chi connectivity index (χ0) is 14.5. The van der Waals surface area contributed by atoms with Crippen LogP contribution in [0.2, 0.25) is 0 Å². The molecule has 0 radical (unpaired) electrons. The van der Waals surface area contributed by atoms with Gasteiger partial charge in [-0.3, -0.25) is 0 Å². The molecular weight excluding hydrogens is 246 g/mol. The molecular formula is C16H22F2O. The van der Waals surface area contributed by atoms with Crippen molar-refractivity contribution in [3.05, 3.63) is 47.0 Å². The number of aliphatic hydroxyl groups is 1. The molecule has 0 bridgehead atoms. The van der Waals surface area contributed by atoms with Gasteiger partial charge in [0.1, 0.15) is 0 Å². The second kappa shape index (κ2) is 6.80. The number of alkyl halides is 2. The molecule has 0 amide bonds. The fraction of sp³-hybridized carbons (Fsp3) is 0.500. The molecule has 0 aromatic heterocycles. The number of aryl methyl sites for hydroxylation is 1. The Labute approximate surface area is 114 Å². The quantitative estimate of drug-likeness (QED) is 0.760. The molecule has 1 aromatic rings. The lowest BCUT2D eigenvalue weighted by Crippen LogP contribution is -2.20. The van der Waals surface area contributed by atoms with Gasteiger partial charge in [-0.1, -0.05) is 37.3 Å². The molecule has 19 heavy (non-hydrogen) atoms. The lowest BCUT2D eigenvalue weighted by molar-refractivity contribution is 0.0559. The van der Waals surface area contributed by atoms with Crippen LogP contribution in [-0.4, -0.2) is 17.1 Å². The molecule has 106 valence electrons. The highest BCUT2D eigenvalue weighted by Crippen LogP contribution is 2.30. The van der Waals surface area contributed by atoms with Crippen LogP contribution >= 0.6 is 0 Å². The Hall–Kier alpha value is -1.22. The zero-order valence-corrected chi connectivity index (χ0v) is 11.8. The van der Waals surface area contributed by atoms with Crippen LogP contribution in [0.15, 0.2) is 41.5 Å². The fourth-order valence-corrected chi connectivity index (χ4v) is 2.30. The highest BCUT2D eigenvalue weighted by atomic mass is 19.3. The SMILES string of the molecule is CC/C(=C(\C)C(O)CCc1ccccc1)C(C)(F)F. The molecule has 1 nitrogen and oxygen atoms in total. The number of allylic oxidation sites excluding steroid dienone is 1. The smallest absolute Gasteiger partial charge is 0.266 e. The maximum atomic E-state index is 13.4. The van der Waals surface area contributed by atoms with Crippen molar-refractivity contribution >= 4 is 0 Å². The number of aliphatic hydroxyl groups excluding tert-OH is 1. The van der Waals surface area contributed by atoms with Crippen LogP contribution in [-0.2, 0) is 6.42 Å². The molecule has 0 fully saturated rings. The van der Waals surface area contributed by atoms with Gasteiger partial charge in [-0.2, -0.15) is 0 Å². The van der Waals surface area contributed by atoms with E-state index in [0.717, 1.165) is 12.5 Å². The average Bonchev–Trinajstić information content (AvgIpc) is 2.36. The molecule has 0 saturated carbocycles. The molecule has 0 saturated heterocycles. The van der Waals surface area contributed by atoms with E-state index in [1.807, 2.05) is 30.3 Å². The summed E-state index contributed by atoms with van der Waals surface area (Å²) in [5.74, 6) is -2.85. The van der Waals surface area contributed by atoms with Crippen LogP contribution in [0, 0.1) is 0 Å². The summed E-state index contributed by atoms with van der Waals surface area (Å²) in [6, 6.07) is 9.74. The van der Waals surface area contributed by atoms with Crippen molar-refractivity contribution in [1.82, 2.24) is 0 Å². The summed E-state index contributed by atoms with van der Waals surface area (Å²) in [5, 5.41) is 10.1. The summed E-state index contributed by atoms with van der Waals surface area (Å²) >= 11 is 0. The van der Waals surface area contributed by atoms with E-state index in [-0.39, 0.29) is 12.0 Å². The summed E-state index contributed by atoms with van der Waals surface area (Å²) in [4.78, 5) is 0. The van der Waals surface area contributed by atoms with Crippen molar-refractivity contribution in [2.45, 2.75) is 52.1 Å². The third-order valence-corrected chi connectivity index (χ3v) is 3.41. The first-order chi connectivity index (χ1) is 8.86. The summed E-state index contributed by atoms with van der Waals surface area (Å²) < 4.78 is 26.8. The van der Waals surface area contributed by atoms with Crippen LogP contribution in [0.4, 0.5) is 8.78 Å². The Balaban J connectivity index is 2.72. The van der Waals surface area contributed by atoms with Gasteiger partial charge in [0.25, 0.3) is 5.92 Å². The largest absolute Gasteiger partial charge is 0.389 e. The Morgan fingerprint density at radius 2 is 1.84 bits per heavy atom. The van der Waals surface area contributed by atoms with Crippen LogP contribution in [0.25, 0.3) is 0 Å². The maximum absolute atomic E-state index is 13.4. The van der Waals surface area contributed by atoms with Gasteiger partial charge in [-0.05, 0) is 42.9 Å². The van der Waals surface area contributed by atoms with E-state index in [4.69, 9.17) is 0 Å². The van der Waals surface area contributed by atoms with Crippen molar-refractivity contribution < 1.29 is 13.9 Å². The molecule has 1 atom stereocenters. The van der Waals surface area contributed by atoms with Crippen LogP contribution in [0.5, 0.6) is 0 Å². The van der Waals surface area contributed by atoms with Crippen LogP contribution in [0.3, 0.4) is 0 Å². The third kappa shape index (κ3) is 4.75. The monoisotopic (exact) mass is 268 g/mol. The first-order valence-corrected chi connectivity index (χ1v) is 6.66. The predicted octanol–water partition coefficient (Wildman–Crippen LogP) is 4.36. The standard InChI is InChI=1S/C16H22F2O/c1-4-14(16(3,17)18)12(2)15(19)11-10-13-8-6-5-7-9-13/h5-9,15,19H,4,10-11H2,1-3H3/b14-12-. The molecule has 0 aliphatic carbocycles. The van der Waals surface area contributed by atoms with E-state index < -0.39 is 12.0 Å². The maximum Gasteiger partial charge on any atom is 0.266 e. The summed E-state index contributed by atoms with van der Waals surface area (Å²) in [7, 11) is 0. The summed E-state index contributed by atoms with van der Waals surface area (Å²) in [5.41, 5.74) is 1.56. The van der Waals surface area contributed by atoms with Gasteiger partial charge < -0.3 is 5.11 Å². The number of hydrogen-bond donors (Lipinski definition) is 1. The number of hydrogen-bond acceptors (Lipinski definition) is 1. The molecule has 0 aliphatic heterocycles. The van der Waals surface area contributed by atoms with Gasteiger partial charge in [0.05, 0.1) is 6.10 Å². The Morgan fingerprint density at radius 3 is 2.32 bits per heavy atom. The van der Waals surface area contributed by atoms with Gasteiger partial charge in [-0.15, -0.1) is 0 Å². The zero-order valence-electron chi connectivity index (χ0n) is 11.8. The van der Waals surface area contributed by atoms with Crippen molar-refractivity contribution in [2.75, 3.05) is 0 Å². The fourth-order valence-electron chi connectivity index (χ4n) is 2.30. The molecule has 1 aromatic carbocycles. The van der Waals surface area contributed by atoms with Crippen molar-refractivity contribution in [2.24, 2.45) is 0 Å². The first-order valence-electron chi connectivity index (χ1n) is 6.66. The van der Waals surface area contributed by atoms with Crippen molar-refractivity contribution in [3.8, 4) is 0 Å².